The number of carboxylic acids is 1. The second-order valence-electron chi connectivity index (χ2n) is 6.75. The lowest BCUT2D eigenvalue weighted by molar-refractivity contribution is -0.137. The van der Waals surface area contributed by atoms with E-state index in [1.54, 1.807) is 0 Å². The highest BCUT2D eigenvalue weighted by molar-refractivity contribution is 5.97. The summed E-state index contributed by atoms with van der Waals surface area (Å²) in [7, 11) is 0. The van der Waals surface area contributed by atoms with Gasteiger partial charge in [0.1, 0.15) is 5.82 Å². The number of Topliss-reactive ketones (excluding diaryl/α,β-unsaturated/α-hetero) is 1. The van der Waals surface area contributed by atoms with Crippen LogP contribution in [0.25, 0.3) is 0 Å². The molecule has 0 saturated heterocycles. The normalized spacial score (nSPS) is 10.6. The molecule has 0 aliphatic carbocycles. The first-order valence-corrected chi connectivity index (χ1v) is 9.76. The maximum Gasteiger partial charge on any atom is 0.303 e. The first-order chi connectivity index (χ1) is 13.0. The van der Waals surface area contributed by atoms with Crippen molar-refractivity contribution in [3.8, 4) is 0 Å². The van der Waals surface area contributed by atoms with Crippen LogP contribution in [0.1, 0.15) is 81.0 Å². The highest BCUT2D eigenvalue weighted by atomic mass is 19.1. The summed E-state index contributed by atoms with van der Waals surface area (Å²) in [6.45, 7) is 0.613. The predicted octanol–water partition coefficient (Wildman–Crippen LogP) is 4.50. The number of amides is 1. The van der Waals surface area contributed by atoms with Crippen LogP contribution >= 0.6 is 0 Å². The Balaban J connectivity index is 1.94. The van der Waals surface area contributed by atoms with Gasteiger partial charge in [0.15, 0.2) is 5.78 Å². The second kappa shape index (κ2) is 13.9. The molecule has 0 bridgehead atoms. The van der Waals surface area contributed by atoms with E-state index < -0.39 is 5.97 Å². The molecule has 0 aliphatic rings. The molecular weight excluding hydrogens is 349 g/mol. The molecule has 0 spiro atoms. The number of nitrogens with one attached hydrogen (secondary N) is 1. The van der Waals surface area contributed by atoms with Crippen molar-refractivity contribution in [3.63, 3.8) is 0 Å². The van der Waals surface area contributed by atoms with E-state index in [2.05, 4.69) is 5.32 Å². The van der Waals surface area contributed by atoms with Gasteiger partial charge in [-0.1, -0.05) is 38.5 Å². The van der Waals surface area contributed by atoms with E-state index in [-0.39, 0.29) is 36.8 Å². The van der Waals surface area contributed by atoms with Crippen molar-refractivity contribution in [2.75, 3.05) is 6.54 Å². The van der Waals surface area contributed by atoms with Gasteiger partial charge in [-0.25, -0.2) is 4.39 Å². The zero-order valence-electron chi connectivity index (χ0n) is 15.8. The van der Waals surface area contributed by atoms with Gasteiger partial charge in [-0.2, -0.15) is 0 Å². The lowest BCUT2D eigenvalue weighted by Gasteiger charge is -2.05. The number of aliphatic carboxylic acids is 1. The van der Waals surface area contributed by atoms with E-state index >= 15 is 0 Å². The molecule has 5 nitrogen and oxygen atoms in total. The molecule has 1 amide bonds. The number of ketones is 1. The van der Waals surface area contributed by atoms with E-state index in [1.807, 2.05) is 0 Å². The van der Waals surface area contributed by atoms with Crippen LogP contribution < -0.4 is 5.32 Å². The summed E-state index contributed by atoms with van der Waals surface area (Å²) in [5, 5.41) is 11.4. The fourth-order valence-electron chi connectivity index (χ4n) is 2.79. The van der Waals surface area contributed by atoms with Gasteiger partial charge < -0.3 is 10.4 Å². The SMILES string of the molecule is O=C(O)CCCCCCCCCCNC(=O)CCC(=O)c1ccc(F)cc1. The molecule has 1 aromatic carbocycles. The molecule has 2 N–H and O–H groups in total. The minimum atomic E-state index is -0.725. The number of carbonyl (C=O) groups excluding carboxylic acids is 2. The van der Waals surface area contributed by atoms with E-state index in [1.165, 1.54) is 24.3 Å². The van der Waals surface area contributed by atoms with Gasteiger partial charge in [0.2, 0.25) is 5.91 Å². The average Bonchev–Trinajstić information content (AvgIpc) is 2.64. The summed E-state index contributed by atoms with van der Waals surface area (Å²) in [6.07, 6.45) is 8.65. The van der Waals surface area contributed by atoms with Crippen LogP contribution in [0.5, 0.6) is 0 Å². The number of benzene rings is 1. The Labute approximate surface area is 160 Å². The topological polar surface area (TPSA) is 83.5 Å². The van der Waals surface area contributed by atoms with Crippen LogP contribution in [0.15, 0.2) is 24.3 Å². The molecule has 0 fully saturated rings. The van der Waals surface area contributed by atoms with E-state index in [9.17, 15) is 18.8 Å². The van der Waals surface area contributed by atoms with Gasteiger partial charge in [0, 0.05) is 31.4 Å². The largest absolute Gasteiger partial charge is 0.481 e. The van der Waals surface area contributed by atoms with E-state index in [0.29, 0.717) is 12.1 Å². The fourth-order valence-corrected chi connectivity index (χ4v) is 2.79. The molecule has 1 rings (SSSR count). The van der Waals surface area contributed by atoms with Crippen LogP contribution in [0.2, 0.25) is 0 Å². The third-order valence-corrected chi connectivity index (χ3v) is 4.38. The third kappa shape index (κ3) is 11.9. The standard InChI is InChI=1S/C21H30FNO4/c22-18-12-10-17(11-13-18)19(24)14-15-20(25)23-16-8-6-4-2-1-3-5-7-9-21(26)27/h10-13H,1-9,14-16H2,(H,23,25)(H,26,27). The van der Waals surface area contributed by atoms with Crippen molar-refractivity contribution in [3.05, 3.63) is 35.6 Å². The average molecular weight is 379 g/mol. The molecule has 0 saturated carbocycles. The molecule has 0 aromatic heterocycles. The number of unbranched alkanes of at least 4 members (excludes halogenated alkanes) is 7. The zero-order chi connectivity index (χ0) is 19.9. The Morgan fingerprint density at radius 2 is 1.33 bits per heavy atom. The number of carboxylic acid groups (broad SMARTS) is 1. The van der Waals surface area contributed by atoms with Gasteiger partial charge in [0.25, 0.3) is 0 Å². The van der Waals surface area contributed by atoms with Gasteiger partial charge in [-0.15, -0.1) is 0 Å². The number of hydrogen-bond acceptors (Lipinski definition) is 3. The molecule has 6 heteroatoms. The molecule has 150 valence electrons. The molecule has 0 aliphatic heterocycles. The molecule has 27 heavy (non-hydrogen) atoms. The molecule has 0 heterocycles. The van der Waals surface area contributed by atoms with Crippen LogP contribution in [0.3, 0.4) is 0 Å². The summed E-state index contributed by atoms with van der Waals surface area (Å²) in [5.74, 6) is -1.41. The molecule has 0 unspecified atom stereocenters. The minimum absolute atomic E-state index is 0.124. The van der Waals surface area contributed by atoms with Crippen LogP contribution in [0.4, 0.5) is 4.39 Å². The van der Waals surface area contributed by atoms with Crippen LogP contribution in [-0.4, -0.2) is 29.3 Å². The Hall–Kier alpha value is -2.24. The minimum Gasteiger partial charge on any atom is -0.481 e. The van der Waals surface area contributed by atoms with E-state index in [4.69, 9.17) is 5.11 Å². The molecule has 1 aromatic rings. The summed E-state index contributed by atoms with van der Waals surface area (Å²) in [5.41, 5.74) is 0.423. The van der Waals surface area contributed by atoms with Gasteiger partial charge in [-0.05, 0) is 37.1 Å². The molecule has 0 atom stereocenters. The Bertz CT molecular complexity index is 586. The number of halogens is 1. The van der Waals surface area contributed by atoms with Crippen LogP contribution in [-0.2, 0) is 9.59 Å². The van der Waals surface area contributed by atoms with E-state index in [0.717, 1.165) is 51.4 Å². The summed E-state index contributed by atoms with van der Waals surface area (Å²) >= 11 is 0. The van der Waals surface area contributed by atoms with Crippen molar-refractivity contribution < 1.29 is 23.9 Å². The highest BCUT2D eigenvalue weighted by Gasteiger charge is 2.09. The van der Waals surface area contributed by atoms with Crippen molar-refractivity contribution in [2.45, 2.75) is 70.6 Å². The van der Waals surface area contributed by atoms with Crippen molar-refractivity contribution >= 4 is 17.7 Å². The van der Waals surface area contributed by atoms with Crippen molar-refractivity contribution in [2.24, 2.45) is 0 Å². The van der Waals surface area contributed by atoms with Gasteiger partial charge in [0.05, 0.1) is 0 Å². The lowest BCUT2D eigenvalue weighted by Crippen LogP contribution is -2.24. The van der Waals surface area contributed by atoms with Crippen molar-refractivity contribution in [1.82, 2.24) is 5.32 Å². The monoisotopic (exact) mass is 379 g/mol. The Morgan fingerprint density at radius 3 is 1.93 bits per heavy atom. The summed E-state index contributed by atoms with van der Waals surface area (Å²) in [4.78, 5) is 34.0. The predicted molar refractivity (Wildman–Crippen MR) is 102 cm³/mol. The van der Waals surface area contributed by atoms with Gasteiger partial charge >= 0.3 is 5.97 Å². The third-order valence-electron chi connectivity index (χ3n) is 4.38. The van der Waals surface area contributed by atoms with Crippen molar-refractivity contribution in [1.29, 1.82) is 0 Å². The number of rotatable bonds is 15. The van der Waals surface area contributed by atoms with Gasteiger partial charge in [-0.3, -0.25) is 14.4 Å². The second-order valence-corrected chi connectivity index (χ2v) is 6.75. The summed E-state index contributed by atoms with van der Waals surface area (Å²) in [6, 6.07) is 5.34. The summed E-state index contributed by atoms with van der Waals surface area (Å²) < 4.78 is 12.8. The molecular formula is C21H30FNO4. The fraction of sp³-hybridized carbons (Fsp3) is 0.571. The molecule has 0 radical (unpaired) electrons. The first-order valence-electron chi connectivity index (χ1n) is 9.76. The smallest absolute Gasteiger partial charge is 0.303 e. The number of hydrogen-bond donors (Lipinski definition) is 2. The maximum atomic E-state index is 12.8. The Morgan fingerprint density at radius 1 is 0.778 bits per heavy atom. The van der Waals surface area contributed by atoms with Crippen LogP contribution in [0, 0.1) is 5.82 Å². The highest BCUT2D eigenvalue weighted by Crippen LogP contribution is 2.10. The number of carbonyl (C=O) groups is 3. The Kier molecular flexibility index (Phi) is 11.7. The first kappa shape index (κ1) is 22.8. The quantitative estimate of drug-likeness (QED) is 0.347. The zero-order valence-corrected chi connectivity index (χ0v) is 15.8. The lowest BCUT2D eigenvalue weighted by atomic mass is 10.1. The maximum absolute atomic E-state index is 12.8.